The van der Waals surface area contributed by atoms with E-state index in [1.165, 1.54) is 17.7 Å². The van der Waals surface area contributed by atoms with E-state index < -0.39 is 24.1 Å². The molecule has 2 rings (SSSR count). The SMILES string of the molecule is CC(=O)OCC/C=C/c1cn([C@H]2C[C@H](O)[C@@H](CO)O2)c(=O)nc1N. The number of nitrogens with two attached hydrogens (primary N) is 1. The first-order valence-corrected chi connectivity index (χ1v) is 7.55. The molecule has 0 aliphatic carbocycles. The Morgan fingerprint density at radius 3 is 3.00 bits per heavy atom. The van der Waals surface area contributed by atoms with Gasteiger partial charge in [-0.2, -0.15) is 4.98 Å². The first-order chi connectivity index (χ1) is 11.4. The van der Waals surface area contributed by atoms with E-state index in [1.54, 1.807) is 12.2 Å². The summed E-state index contributed by atoms with van der Waals surface area (Å²) in [5.41, 5.74) is 5.65. The average molecular weight is 339 g/mol. The molecule has 2 heterocycles. The van der Waals surface area contributed by atoms with Crippen molar-refractivity contribution in [3.8, 4) is 0 Å². The van der Waals surface area contributed by atoms with Crippen molar-refractivity contribution in [2.75, 3.05) is 18.9 Å². The highest BCUT2D eigenvalue weighted by molar-refractivity contribution is 5.66. The van der Waals surface area contributed by atoms with Crippen LogP contribution in [0.4, 0.5) is 5.82 Å². The van der Waals surface area contributed by atoms with Crippen LogP contribution in [0, 0.1) is 0 Å². The molecule has 0 bridgehead atoms. The fraction of sp³-hybridized carbons (Fsp3) is 0.533. The quantitative estimate of drug-likeness (QED) is 0.463. The second kappa shape index (κ2) is 8.04. The normalized spacial score (nSPS) is 23.7. The van der Waals surface area contributed by atoms with Gasteiger partial charge in [0.15, 0.2) is 0 Å². The van der Waals surface area contributed by atoms with Gasteiger partial charge in [-0.15, -0.1) is 0 Å². The summed E-state index contributed by atoms with van der Waals surface area (Å²) < 4.78 is 11.5. The molecule has 9 nitrogen and oxygen atoms in total. The molecule has 3 atom stereocenters. The van der Waals surface area contributed by atoms with Crippen LogP contribution in [0.3, 0.4) is 0 Å². The molecule has 0 amide bonds. The predicted octanol–water partition coefficient (Wildman–Crippen LogP) is -0.567. The van der Waals surface area contributed by atoms with Crippen molar-refractivity contribution < 1.29 is 24.5 Å². The lowest BCUT2D eigenvalue weighted by Gasteiger charge is -2.15. The fourth-order valence-electron chi connectivity index (χ4n) is 2.36. The maximum Gasteiger partial charge on any atom is 0.351 e. The van der Waals surface area contributed by atoms with Crippen molar-refractivity contribution in [3.63, 3.8) is 0 Å². The Hall–Kier alpha value is -2.23. The lowest BCUT2D eigenvalue weighted by Crippen LogP contribution is -2.28. The summed E-state index contributed by atoms with van der Waals surface area (Å²) in [5.74, 6) is -0.286. The van der Waals surface area contributed by atoms with Gasteiger partial charge in [-0.25, -0.2) is 4.79 Å². The number of nitrogens with zero attached hydrogens (tertiary/aromatic N) is 2. The second-order valence-electron chi connectivity index (χ2n) is 5.42. The molecule has 24 heavy (non-hydrogen) atoms. The third kappa shape index (κ3) is 4.40. The van der Waals surface area contributed by atoms with E-state index in [1.807, 2.05) is 0 Å². The van der Waals surface area contributed by atoms with Gasteiger partial charge in [0.05, 0.1) is 19.3 Å². The van der Waals surface area contributed by atoms with Gasteiger partial charge in [0.25, 0.3) is 0 Å². The van der Waals surface area contributed by atoms with E-state index in [2.05, 4.69) is 4.98 Å². The van der Waals surface area contributed by atoms with Crippen molar-refractivity contribution in [2.24, 2.45) is 0 Å². The summed E-state index contributed by atoms with van der Waals surface area (Å²) in [4.78, 5) is 26.4. The number of anilines is 1. The van der Waals surface area contributed by atoms with Crippen molar-refractivity contribution in [1.29, 1.82) is 0 Å². The van der Waals surface area contributed by atoms with Crippen LogP contribution in [0.5, 0.6) is 0 Å². The van der Waals surface area contributed by atoms with Gasteiger partial charge in [0.1, 0.15) is 18.1 Å². The number of esters is 1. The topological polar surface area (TPSA) is 137 Å². The lowest BCUT2D eigenvalue weighted by atomic mass is 10.2. The van der Waals surface area contributed by atoms with E-state index in [0.717, 1.165) is 0 Å². The molecule has 0 radical (unpaired) electrons. The molecule has 0 unspecified atom stereocenters. The van der Waals surface area contributed by atoms with Crippen molar-refractivity contribution >= 4 is 17.9 Å². The van der Waals surface area contributed by atoms with Crippen molar-refractivity contribution in [2.45, 2.75) is 38.2 Å². The maximum absolute atomic E-state index is 12.0. The number of rotatable bonds is 6. The van der Waals surface area contributed by atoms with Gasteiger partial charge in [-0.3, -0.25) is 9.36 Å². The van der Waals surface area contributed by atoms with Crippen molar-refractivity contribution in [1.82, 2.24) is 9.55 Å². The third-order valence-corrected chi connectivity index (χ3v) is 3.59. The largest absolute Gasteiger partial charge is 0.466 e. The number of ether oxygens (including phenoxy) is 2. The number of aromatic nitrogens is 2. The molecule has 1 aliphatic rings. The maximum atomic E-state index is 12.0. The summed E-state index contributed by atoms with van der Waals surface area (Å²) in [5, 5.41) is 18.9. The van der Waals surface area contributed by atoms with E-state index in [9.17, 15) is 14.7 Å². The number of hydrogen-bond donors (Lipinski definition) is 3. The molecule has 4 N–H and O–H groups in total. The number of carbonyl (C=O) groups is 1. The van der Waals surface area contributed by atoms with Gasteiger partial charge < -0.3 is 25.4 Å². The van der Waals surface area contributed by atoms with E-state index in [-0.39, 0.29) is 31.4 Å². The molecule has 1 aromatic heterocycles. The molecular formula is C15H21N3O6. The lowest BCUT2D eigenvalue weighted by molar-refractivity contribution is -0.140. The molecule has 1 saturated heterocycles. The molecule has 0 spiro atoms. The summed E-state index contributed by atoms with van der Waals surface area (Å²) in [6, 6.07) is 0. The smallest absolute Gasteiger partial charge is 0.351 e. The number of hydrogen-bond acceptors (Lipinski definition) is 8. The van der Waals surface area contributed by atoms with Gasteiger partial charge in [0.2, 0.25) is 0 Å². The number of aliphatic hydroxyl groups excluding tert-OH is 2. The summed E-state index contributed by atoms with van der Waals surface area (Å²) in [6.45, 7) is 1.24. The van der Waals surface area contributed by atoms with Crippen molar-refractivity contribution in [3.05, 3.63) is 28.3 Å². The summed E-state index contributed by atoms with van der Waals surface area (Å²) >= 11 is 0. The van der Waals surface area contributed by atoms with Gasteiger partial charge >= 0.3 is 11.7 Å². The molecular weight excluding hydrogens is 318 g/mol. The van der Waals surface area contributed by atoms with E-state index in [0.29, 0.717) is 12.0 Å². The first kappa shape index (κ1) is 18.1. The highest BCUT2D eigenvalue weighted by Gasteiger charge is 2.35. The highest BCUT2D eigenvalue weighted by Crippen LogP contribution is 2.27. The molecule has 1 aliphatic heterocycles. The Balaban J connectivity index is 2.12. The Bertz CT molecular complexity index is 672. The molecule has 0 aromatic carbocycles. The van der Waals surface area contributed by atoms with Crippen LogP contribution < -0.4 is 11.4 Å². The van der Waals surface area contributed by atoms with E-state index >= 15 is 0 Å². The third-order valence-electron chi connectivity index (χ3n) is 3.59. The van der Waals surface area contributed by atoms with Crippen LogP contribution in [-0.4, -0.2) is 51.2 Å². The fourth-order valence-corrected chi connectivity index (χ4v) is 2.36. The zero-order chi connectivity index (χ0) is 17.7. The molecule has 9 heteroatoms. The Labute approximate surface area is 138 Å². The molecule has 1 aromatic rings. The Morgan fingerprint density at radius 2 is 2.38 bits per heavy atom. The highest BCUT2D eigenvalue weighted by atomic mass is 16.5. The van der Waals surface area contributed by atoms with Crippen LogP contribution in [0.1, 0.15) is 31.6 Å². The predicted molar refractivity (Wildman–Crippen MR) is 84.8 cm³/mol. The second-order valence-corrected chi connectivity index (χ2v) is 5.42. The first-order valence-electron chi connectivity index (χ1n) is 7.55. The number of aliphatic hydroxyl groups is 2. The van der Waals surface area contributed by atoms with Crippen LogP contribution in [-0.2, 0) is 14.3 Å². The Kier molecular flexibility index (Phi) is 6.07. The van der Waals surface area contributed by atoms with Crippen LogP contribution in [0.25, 0.3) is 6.08 Å². The minimum absolute atomic E-state index is 0.0669. The van der Waals surface area contributed by atoms with Gasteiger partial charge in [-0.1, -0.05) is 12.2 Å². The number of carbonyl (C=O) groups excluding carboxylic acids is 1. The number of nitrogen functional groups attached to an aromatic ring is 1. The minimum atomic E-state index is -0.854. The zero-order valence-electron chi connectivity index (χ0n) is 13.3. The van der Waals surface area contributed by atoms with Crippen LogP contribution in [0.15, 0.2) is 17.1 Å². The van der Waals surface area contributed by atoms with Gasteiger partial charge in [-0.05, 0) is 6.42 Å². The molecule has 132 valence electrons. The summed E-state index contributed by atoms with van der Waals surface area (Å²) in [7, 11) is 0. The Morgan fingerprint density at radius 1 is 1.62 bits per heavy atom. The molecule has 0 saturated carbocycles. The standard InChI is InChI=1S/C15H21N3O6/c1-9(20)23-5-3-2-4-10-7-18(15(22)17-14(10)16)13-6-11(21)12(8-19)24-13/h2,4,7,11-13,19,21H,3,5-6,8H2,1H3,(H2,16,17,22)/b4-2+/t11-,12+,13+/m0/s1. The monoisotopic (exact) mass is 339 g/mol. The zero-order valence-corrected chi connectivity index (χ0v) is 13.3. The van der Waals surface area contributed by atoms with Crippen LogP contribution >= 0.6 is 0 Å². The summed E-state index contributed by atoms with van der Waals surface area (Å²) in [6.07, 6.45) is 3.25. The molecule has 1 fully saturated rings. The average Bonchev–Trinajstić information content (AvgIpc) is 2.89. The van der Waals surface area contributed by atoms with E-state index in [4.69, 9.17) is 20.3 Å². The van der Waals surface area contributed by atoms with Crippen LogP contribution in [0.2, 0.25) is 0 Å². The minimum Gasteiger partial charge on any atom is -0.466 e. The van der Waals surface area contributed by atoms with Gasteiger partial charge in [0, 0.05) is 25.1 Å².